The van der Waals surface area contributed by atoms with Gasteiger partial charge in [-0.1, -0.05) is 18.2 Å². The molecule has 3 rings (SSSR count). The minimum Gasteiger partial charge on any atom is -0.450 e. The molecule has 1 aliphatic heterocycles. The van der Waals surface area contributed by atoms with Gasteiger partial charge in [0.05, 0.1) is 17.0 Å². The number of hydrogen-bond donors (Lipinski definition) is 1. The molecular weight excluding hydrogens is 346 g/mol. The molecule has 134 valence electrons. The van der Waals surface area contributed by atoms with Gasteiger partial charge >= 0.3 is 5.97 Å². The highest BCUT2D eigenvalue weighted by Gasteiger charge is 2.39. The number of ether oxygens (including phenoxy) is 1. The minimum absolute atomic E-state index is 0.0434. The van der Waals surface area contributed by atoms with E-state index in [9.17, 15) is 18.0 Å². The van der Waals surface area contributed by atoms with Crippen molar-refractivity contribution in [1.29, 1.82) is 0 Å². The van der Waals surface area contributed by atoms with Crippen molar-refractivity contribution in [1.82, 2.24) is 5.32 Å². The Morgan fingerprint density at radius 3 is 2.68 bits per heavy atom. The molecule has 2 heterocycles. The molecule has 1 fully saturated rings. The van der Waals surface area contributed by atoms with E-state index in [4.69, 9.17) is 9.15 Å². The van der Waals surface area contributed by atoms with Gasteiger partial charge in [0.1, 0.15) is 5.58 Å². The Labute approximate surface area is 145 Å². The molecule has 0 bridgehead atoms. The summed E-state index contributed by atoms with van der Waals surface area (Å²) >= 11 is 0. The van der Waals surface area contributed by atoms with Gasteiger partial charge < -0.3 is 14.5 Å². The molecular formula is C17H19NO6S. The molecule has 1 atom stereocenters. The summed E-state index contributed by atoms with van der Waals surface area (Å²) in [7, 11) is -3.13. The molecule has 1 unspecified atom stereocenters. The molecule has 1 aromatic carbocycles. The van der Waals surface area contributed by atoms with E-state index < -0.39 is 33.9 Å². The zero-order valence-electron chi connectivity index (χ0n) is 14.0. The van der Waals surface area contributed by atoms with Gasteiger partial charge in [0.2, 0.25) is 5.76 Å². The van der Waals surface area contributed by atoms with Crippen LogP contribution >= 0.6 is 0 Å². The fraction of sp³-hybridized carbons (Fsp3) is 0.412. The van der Waals surface area contributed by atoms with E-state index in [0.29, 0.717) is 17.6 Å². The Bertz CT molecular complexity index is 945. The third-order valence-corrected chi connectivity index (χ3v) is 6.21. The fourth-order valence-corrected chi connectivity index (χ4v) is 5.14. The maximum atomic E-state index is 12.2. The van der Waals surface area contributed by atoms with Crippen LogP contribution in [-0.2, 0) is 19.4 Å². The second-order valence-corrected chi connectivity index (χ2v) is 8.76. The maximum Gasteiger partial charge on any atom is 0.375 e. The lowest BCUT2D eigenvalue weighted by Crippen LogP contribution is -2.48. The van der Waals surface area contributed by atoms with E-state index in [1.807, 2.05) is 12.1 Å². The lowest BCUT2D eigenvalue weighted by molar-refractivity contribution is -0.125. The van der Waals surface area contributed by atoms with Crippen molar-refractivity contribution < 1.29 is 27.2 Å². The predicted molar refractivity (Wildman–Crippen MR) is 91.1 cm³/mol. The summed E-state index contributed by atoms with van der Waals surface area (Å²) in [4.78, 5) is 24.2. The number of furan rings is 1. The number of nitrogens with one attached hydrogen (secondary N) is 1. The molecule has 0 radical (unpaired) electrons. The zero-order chi connectivity index (χ0) is 18.2. The first kappa shape index (κ1) is 17.5. The van der Waals surface area contributed by atoms with Crippen LogP contribution < -0.4 is 5.32 Å². The van der Waals surface area contributed by atoms with Crippen molar-refractivity contribution in [2.24, 2.45) is 0 Å². The van der Waals surface area contributed by atoms with Crippen molar-refractivity contribution in [3.63, 3.8) is 0 Å². The van der Waals surface area contributed by atoms with Gasteiger partial charge in [-0.05, 0) is 26.3 Å². The lowest BCUT2D eigenvalue weighted by atomic mass is 10.0. The first-order valence-corrected chi connectivity index (χ1v) is 9.68. The van der Waals surface area contributed by atoms with E-state index >= 15 is 0 Å². The van der Waals surface area contributed by atoms with Gasteiger partial charge in [0.15, 0.2) is 16.4 Å². The Kier molecular flexibility index (Phi) is 4.32. The minimum atomic E-state index is -3.13. The van der Waals surface area contributed by atoms with Crippen molar-refractivity contribution >= 4 is 32.7 Å². The molecule has 8 heteroatoms. The number of carbonyl (C=O) groups is 2. The third kappa shape index (κ3) is 3.68. The smallest absolute Gasteiger partial charge is 0.375 e. The van der Waals surface area contributed by atoms with Gasteiger partial charge in [-0.15, -0.1) is 0 Å². The molecule has 0 aliphatic carbocycles. The molecule has 25 heavy (non-hydrogen) atoms. The Morgan fingerprint density at radius 2 is 2.04 bits per heavy atom. The van der Waals surface area contributed by atoms with Gasteiger partial charge in [-0.3, -0.25) is 4.79 Å². The largest absolute Gasteiger partial charge is 0.450 e. The molecule has 0 saturated carbocycles. The molecule has 1 aliphatic rings. The highest BCUT2D eigenvalue weighted by Crippen LogP contribution is 2.25. The van der Waals surface area contributed by atoms with Crippen LogP contribution in [0.25, 0.3) is 11.0 Å². The third-order valence-electron chi connectivity index (χ3n) is 4.31. The Morgan fingerprint density at radius 1 is 1.32 bits per heavy atom. The van der Waals surface area contributed by atoms with Crippen LogP contribution in [0.5, 0.6) is 0 Å². The Hall–Kier alpha value is -2.35. The number of para-hydroxylation sites is 1. The number of fused-ring (bicyclic) bond motifs is 1. The van der Waals surface area contributed by atoms with E-state index in [1.54, 1.807) is 26.0 Å². The summed E-state index contributed by atoms with van der Waals surface area (Å²) < 4.78 is 33.6. The number of aryl methyl sites for hydroxylation is 1. The molecule has 1 N–H and O–H groups in total. The fourth-order valence-electron chi connectivity index (χ4n) is 3.05. The summed E-state index contributed by atoms with van der Waals surface area (Å²) in [5.74, 6) is -1.28. The second-order valence-electron chi connectivity index (χ2n) is 6.58. The molecule has 1 amide bonds. The van der Waals surface area contributed by atoms with E-state index in [1.165, 1.54) is 0 Å². The number of esters is 1. The molecule has 7 nitrogen and oxygen atoms in total. The van der Waals surface area contributed by atoms with Gasteiger partial charge in [0, 0.05) is 10.9 Å². The van der Waals surface area contributed by atoms with Gasteiger partial charge in [-0.25, -0.2) is 13.2 Å². The first-order valence-electron chi connectivity index (χ1n) is 7.86. The topological polar surface area (TPSA) is 103 Å². The average Bonchev–Trinajstić information content (AvgIpc) is 3.02. The number of benzene rings is 1. The van der Waals surface area contributed by atoms with Crippen molar-refractivity contribution in [2.45, 2.75) is 25.8 Å². The number of sulfone groups is 1. The molecule has 2 aromatic rings. The molecule has 1 saturated heterocycles. The number of hydrogen-bond acceptors (Lipinski definition) is 6. The van der Waals surface area contributed by atoms with Crippen LogP contribution in [0.3, 0.4) is 0 Å². The van der Waals surface area contributed by atoms with E-state index in [-0.39, 0.29) is 17.3 Å². The SMILES string of the molecule is Cc1c(C(=O)OCC(=O)NC2(C)CCS(=O)(=O)C2)oc2ccccc12. The van der Waals surface area contributed by atoms with Gasteiger partial charge in [0.25, 0.3) is 5.91 Å². The van der Waals surface area contributed by atoms with Crippen LogP contribution in [0.4, 0.5) is 0 Å². The van der Waals surface area contributed by atoms with Crippen LogP contribution in [-0.4, -0.2) is 43.9 Å². The predicted octanol–water partition coefficient (Wildman–Crippen LogP) is 1.59. The van der Waals surface area contributed by atoms with Crippen LogP contribution in [0.1, 0.15) is 29.5 Å². The van der Waals surface area contributed by atoms with Crippen molar-refractivity contribution in [3.05, 3.63) is 35.6 Å². The highest BCUT2D eigenvalue weighted by atomic mass is 32.2. The van der Waals surface area contributed by atoms with Gasteiger partial charge in [-0.2, -0.15) is 0 Å². The lowest BCUT2D eigenvalue weighted by Gasteiger charge is -2.23. The second kappa shape index (κ2) is 6.18. The summed E-state index contributed by atoms with van der Waals surface area (Å²) in [6.45, 7) is 2.92. The molecule has 1 aromatic heterocycles. The standard InChI is InChI=1S/C17H19NO6S/c1-11-12-5-3-4-6-13(12)24-15(11)16(20)23-9-14(19)18-17(2)7-8-25(21,22)10-17/h3-6H,7-10H2,1-2H3,(H,18,19). The van der Waals surface area contributed by atoms with E-state index in [2.05, 4.69) is 5.32 Å². The monoisotopic (exact) mass is 365 g/mol. The van der Waals surface area contributed by atoms with E-state index in [0.717, 1.165) is 5.39 Å². The zero-order valence-corrected chi connectivity index (χ0v) is 14.8. The number of amides is 1. The maximum absolute atomic E-state index is 12.2. The average molecular weight is 365 g/mol. The summed E-state index contributed by atoms with van der Waals surface area (Å²) in [5, 5.41) is 3.44. The number of carbonyl (C=O) groups excluding carboxylic acids is 2. The summed E-state index contributed by atoms with van der Waals surface area (Å²) in [6.07, 6.45) is 0.345. The highest BCUT2D eigenvalue weighted by molar-refractivity contribution is 7.91. The quantitative estimate of drug-likeness (QED) is 0.826. The number of rotatable bonds is 4. The van der Waals surface area contributed by atoms with Crippen molar-refractivity contribution in [3.8, 4) is 0 Å². The van der Waals surface area contributed by atoms with Crippen LogP contribution in [0.15, 0.2) is 28.7 Å². The van der Waals surface area contributed by atoms with Crippen LogP contribution in [0.2, 0.25) is 0 Å². The normalized spacial score (nSPS) is 22.0. The summed E-state index contributed by atoms with van der Waals surface area (Å²) in [6, 6.07) is 7.21. The first-order chi connectivity index (χ1) is 11.7. The van der Waals surface area contributed by atoms with Crippen molar-refractivity contribution in [2.75, 3.05) is 18.1 Å². The Balaban J connectivity index is 1.62. The summed E-state index contributed by atoms with van der Waals surface area (Å²) in [5.41, 5.74) is 0.396. The van der Waals surface area contributed by atoms with Crippen LogP contribution in [0, 0.1) is 6.92 Å². The molecule has 0 spiro atoms.